The summed E-state index contributed by atoms with van der Waals surface area (Å²) < 4.78 is 39.4. The lowest BCUT2D eigenvalue weighted by molar-refractivity contribution is -0.141. The van der Waals surface area contributed by atoms with E-state index >= 15 is 0 Å². The fraction of sp³-hybridized carbons (Fsp3) is 0.381. The highest BCUT2D eigenvalue weighted by atomic mass is 19.4. The number of pyridine rings is 1. The van der Waals surface area contributed by atoms with Crippen molar-refractivity contribution in [3.63, 3.8) is 0 Å². The molecule has 1 aromatic rings. The molecule has 0 bridgehead atoms. The lowest BCUT2D eigenvalue weighted by Gasteiger charge is -2.33. The minimum atomic E-state index is -4.60. The van der Waals surface area contributed by atoms with E-state index < -0.39 is 11.9 Å². The van der Waals surface area contributed by atoms with Gasteiger partial charge in [-0.25, -0.2) is 9.78 Å². The molecule has 1 aromatic heterocycles. The van der Waals surface area contributed by atoms with Crippen molar-refractivity contribution in [2.75, 3.05) is 24.5 Å². The van der Waals surface area contributed by atoms with Gasteiger partial charge in [-0.15, -0.1) is 0 Å². The predicted molar refractivity (Wildman–Crippen MR) is 103 cm³/mol. The van der Waals surface area contributed by atoms with Gasteiger partial charge in [0.15, 0.2) is 0 Å². The van der Waals surface area contributed by atoms with Gasteiger partial charge in [-0.2, -0.15) is 13.2 Å². The number of aromatic nitrogens is 1. The molecule has 1 aliphatic carbocycles. The largest absolute Gasteiger partial charge is 0.433 e. The number of alkyl halides is 3. The second-order valence-corrected chi connectivity index (χ2v) is 6.97. The summed E-state index contributed by atoms with van der Waals surface area (Å²) in [5, 5.41) is 0. The molecule has 3 rings (SSSR count). The van der Waals surface area contributed by atoms with Gasteiger partial charge in [-0.05, 0) is 43.4 Å². The van der Waals surface area contributed by atoms with E-state index in [9.17, 15) is 22.8 Å². The molecule has 0 atom stereocenters. The fourth-order valence-corrected chi connectivity index (χ4v) is 3.31. The number of rotatable bonds is 4. The SMILES string of the molecule is O=CC1=CCC=C(CN(C(=O)N2CCCCC2)c2cccc(C(F)(F)F)n2)C=C1. The van der Waals surface area contributed by atoms with Gasteiger partial charge in [-0.1, -0.05) is 30.4 Å². The van der Waals surface area contributed by atoms with Crippen molar-refractivity contribution in [2.45, 2.75) is 31.9 Å². The lowest BCUT2D eigenvalue weighted by atomic mass is 10.1. The number of hydrogen-bond acceptors (Lipinski definition) is 3. The summed E-state index contributed by atoms with van der Waals surface area (Å²) in [5.74, 6) is -0.0440. The molecule has 0 aromatic carbocycles. The van der Waals surface area contributed by atoms with E-state index in [4.69, 9.17) is 0 Å². The molecule has 2 amide bonds. The van der Waals surface area contributed by atoms with Crippen LogP contribution in [0.15, 0.2) is 53.6 Å². The number of halogens is 3. The zero-order valence-corrected chi connectivity index (χ0v) is 15.9. The molecule has 0 N–H and O–H groups in total. The first-order valence-electron chi connectivity index (χ1n) is 9.51. The van der Waals surface area contributed by atoms with Gasteiger partial charge < -0.3 is 4.90 Å². The molecule has 8 heteroatoms. The Bertz CT molecular complexity index is 853. The van der Waals surface area contributed by atoms with Crippen molar-refractivity contribution in [3.05, 3.63) is 59.3 Å². The van der Waals surface area contributed by atoms with Crippen molar-refractivity contribution < 1.29 is 22.8 Å². The van der Waals surface area contributed by atoms with Gasteiger partial charge in [0, 0.05) is 18.7 Å². The third-order valence-corrected chi connectivity index (χ3v) is 4.86. The average molecular weight is 405 g/mol. The maximum absolute atomic E-state index is 13.1. The molecule has 1 fully saturated rings. The van der Waals surface area contributed by atoms with Crippen molar-refractivity contribution in [2.24, 2.45) is 0 Å². The van der Waals surface area contributed by atoms with Crippen LogP contribution in [0.5, 0.6) is 0 Å². The van der Waals surface area contributed by atoms with Gasteiger partial charge in [0.1, 0.15) is 17.8 Å². The number of likely N-dealkylation sites (tertiary alicyclic amines) is 1. The van der Waals surface area contributed by atoms with Crippen molar-refractivity contribution in [1.29, 1.82) is 0 Å². The number of anilines is 1. The Morgan fingerprint density at radius 1 is 1.14 bits per heavy atom. The van der Waals surface area contributed by atoms with E-state index in [-0.39, 0.29) is 18.4 Å². The van der Waals surface area contributed by atoms with E-state index in [1.54, 1.807) is 23.1 Å². The van der Waals surface area contributed by atoms with Crippen molar-refractivity contribution in [3.8, 4) is 0 Å². The number of urea groups is 1. The summed E-state index contributed by atoms with van der Waals surface area (Å²) in [4.78, 5) is 30.8. The number of hydrogen-bond donors (Lipinski definition) is 0. The maximum Gasteiger partial charge on any atom is 0.433 e. The molecule has 0 unspecified atom stereocenters. The first kappa shape index (κ1) is 20.8. The zero-order chi connectivity index (χ0) is 20.9. The fourth-order valence-electron chi connectivity index (χ4n) is 3.31. The molecule has 5 nitrogen and oxygen atoms in total. The minimum Gasteiger partial charge on any atom is -0.324 e. The first-order valence-corrected chi connectivity index (χ1v) is 9.51. The van der Waals surface area contributed by atoms with Crippen LogP contribution in [0, 0.1) is 0 Å². The molecule has 29 heavy (non-hydrogen) atoms. The van der Waals surface area contributed by atoms with Gasteiger partial charge in [0.2, 0.25) is 0 Å². The first-order chi connectivity index (χ1) is 13.9. The Hall–Kier alpha value is -2.90. The number of carbonyl (C=O) groups excluding carboxylic acids is 2. The van der Waals surface area contributed by atoms with Gasteiger partial charge in [0.05, 0.1) is 6.54 Å². The average Bonchev–Trinajstić information content (AvgIpc) is 2.96. The molecular formula is C21H22F3N3O2. The summed E-state index contributed by atoms with van der Waals surface area (Å²) in [6.45, 7) is 1.21. The van der Waals surface area contributed by atoms with E-state index in [1.807, 2.05) is 6.08 Å². The van der Waals surface area contributed by atoms with Crippen LogP contribution < -0.4 is 4.90 Å². The predicted octanol–water partition coefficient (Wildman–Crippen LogP) is 4.52. The van der Waals surface area contributed by atoms with E-state index in [1.165, 1.54) is 17.0 Å². The maximum atomic E-state index is 13.1. The standard InChI is InChI=1S/C21H22F3N3O2/c22-21(23,24)18-8-5-9-19(25-18)27(20(29)26-12-2-1-3-13-26)14-16-6-4-7-17(15-28)11-10-16/h5-11,15H,1-4,12-14H2. The molecule has 0 saturated carbocycles. The number of carbonyl (C=O) groups is 2. The Morgan fingerprint density at radius 2 is 1.90 bits per heavy atom. The van der Waals surface area contributed by atoms with Crippen LogP contribution in [0.2, 0.25) is 0 Å². The highest BCUT2D eigenvalue weighted by Gasteiger charge is 2.34. The smallest absolute Gasteiger partial charge is 0.324 e. The minimum absolute atomic E-state index is 0.0440. The third-order valence-electron chi connectivity index (χ3n) is 4.86. The van der Waals surface area contributed by atoms with Crippen molar-refractivity contribution >= 4 is 18.1 Å². The second-order valence-electron chi connectivity index (χ2n) is 6.97. The topological polar surface area (TPSA) is 53.5 Å². The number of nitrogens with zero attached hydrogens (tertiary/aromatic N) is 3. The number of aldehydes is 1. The number of allylic oxidation sites excluding steroid dienone is 4. The summed E-state index contributed by atoms with van der Waals surface area (Å²) in [7, 11) is 0. The third kappa shape index (κ3) is 5.34. The normalized spacial score (nSPS) is 17.3. The summed E-state index contributed by atoms with van der Waals surface area (Å²) in [6, 6.07) is 3.19. The molecule has 0 spiro atoms. The Morgan fingerprint density at radius 3 is 2.59 bits per heavy atom. The monoisotopic (exact) mass is 405 g/mol. The zero-order valence-electron chi connectivity index (χ0n) is 15.9. The van der Waals surface area contributed by atoms with Crippen LogP contribution in [-0.2, 0) is 11.0 Å². The van der Waals surface area contributed by atoms with Crippen molar-refractivity contribution in [1.82, 2.24) is 9.88 Å². The molecule has 154 valence electrons. The molecule has 1 aliphatic heterocycles. The highest BCUT2D eigenvalue weighted by Crippen LogP contribution is 2.29. The van der Waals surface area contributed by atoms with Gasteiger partial charge >= 0.3 is 12.2 Å². The summed E-state index contributed by atoms with van der Waals surface area (Å²) in [6.07, 6.45) is 6.32. The molecule has 1 saturated heterocycles. The Labute approximate surface area is 167 Å². The van der Waals surface area contributed by atoms with E-state index in [0.717, 1.165) is 37.2 Å². The van der Waals surface area contributed by atoms with Crippen LogP contribution >= 0.6 is 0 Å². The molecule has 2 aliphatic rings. The Balaban J connectivity index is 1.91. The van der Waals surface area contributed by atoms with Crippen LogP contribution in [0.1, 0.15) is 31.4 Å². The quantitative estimate of drug-likeness (QED) is 0.692. The summed E-state index contributed by atoms with van der Waals surface area (Å²) >= 11 is 0. The van der Waals surface area contributed by atoms with Gasteiger partial charge in [-0.3, -0.25) is 9.69 Å². The van der Waals surface area contributed by atoms with Crippen LogP contribution in [0.4, 0.5) is 23.8 Å². The number of piperidine rings is 1. The molecular weight excluding hydrogens is 383 g/mol. The van der Waals surface area contributed by atoms with E-state index in [0.29, 0.717) is 25.1 Å². The van der Waals surface area contributed by atoms with Crippen LogP contribution in [-0.4, -0.2) is 41.8 Å². The Kier molecular flexibility index (Phi) is 6.51. The van der Waals surface area contributed by atoms with E-state index in [2.05, 4.69) is 4.98 Å². The molecule has 0 radical (unpaired) electrons. The lowest BCUT2D eigenvalue weighted by Crippen LogP contribution is -2.46. The van der Waals surface area contributed by atoms with Crippen LogP contribution in [0.25, 0.3) is 0 Å². The second kappa shape index (κ2) is 9.07. The molecule has 2 heterocycles. The van der Waals surface area contributed by atoms with Gasteiger partial charge in [0.25, 0.3) is 0 Å². The van der Waals surface area contributed by atoms with Crippen LogP contribution in [0.3, 0.4) is 0 Å². The highest BCUT2D eigenvalue weighted by molar-refractivity contribution is 5.91. The summed E-state index contributed by atoms with van der Waals surface area (Å²) in [5.41, 5.74) is 0.201. The number of amides is 2.